The Morgan fingerprint density at radius 1 is 1.56 bits per heavy atom. The summed E-state index contributed by atoms with van der Waals surface area (Å²) >= 11 is 0. The average Bonchev–Trinajstić information content (AvgIpc) is 2.29. The minimum atomic E-state index is -0.498. The highest BCUT2D eigenvalue weighted by molar-refractivity contribution is 5.53. The summed E-state index contributed by atoms with van der Waals surface area (Å²) in [5, 5.41) is 23.2. The lowest BCUT2D eigenvalue weighted by Gasteiger charge is -2.11. The van der Waals surface area contributed by atoms with Gasteiger partial charge in [-0.15, -0.1) is 0 Å². The highest BCUT2D eigenvalue weighted by Crippen LogP contribution is 2.21. The molecule has 0 bridgehead atoms. The van der Waals surface area contributed by atoms with Crippen molar-refractivity contribution in [1.82, 2.24) is 0 Å². The van der Waals surface area contributed by atoms with Crippen LogP contribution in [0.15, 0.2) is 18.2 Å². The van der Waals surface area contributed by atoms with Gasteiger partial charge in [0.05, 0.1) is 17.6 Å². The zero-order valence-corrected chi connectivity index (χ0v) is 10.5. The lowest BCUT2D eigenvalue weighted by molar-refractivity contribution is -0.385. The first-order chi connectivity index (χ1) is 8.54. The van der Waals surface area contributed by atoms with Crippen molar-refractivity contribution in [3.63, 3.8) is 0 Å². The maximum absolute atomic E-state index is 10.6. The summed E-state index contributed by atoms with van der Waals surface area (Å²) in [6.07, 6.45) is 0.0609. The molecule has 1 aromatic carbocycles. The van der Waals surface area contributed by atoms with Gasteiger partial charge in [-0.3, -0.25) is 10.1 Å². The van der Waals surface area contributed by atoms with E-state index in [1.807, 2.05) is 0 Å². The molecule has 1 rings (SSSR count). The molecule has 0 aliphatic rings. The van der Waals surface area contributed by atoms with Crippen LogP contribution < -0.4 is 5.32 Å². The topological polar surface area (TPSA) is 84.6 Å². The van der Waals surface area contributed by atoms with Crippen LogP contribution in [0, 0.1) is 17.0 Å². The van der Waals surface area contributed by atoms with Crippen LogP contribution in [0.2, 0.25) is 0 Å². The third-order valence-electron chi connectivity index (χ3n) is 2.56. The van der Waals surface area contributed by atoms with Crippen molar-refractivity contribution in [3.8, 4) is 0 Å². The predicted octanol–water partition coefficient (Wildman–Crippen LogP) is 1.71. The van der Waals surface area contributed by atoms with Crippen LogP contribution in [0.5, 0.6) is 0 Å². The van der Waals surface area contributed by atoms with Gasteiger partial charge in [0, 0.05) is 31.0 Å². The highest BCUT2D eigenvalue weighted by atomic mass is 16.6. The van der Waals surface area contributed by atoms with Gasteiger partial charge in [-0.25, -0.2) is 0 Å². The fourth-order valence-corrected chi connectivity index (χ4v) is 1.63. The van der Waals surface area contributed by atoms with Gasteiger partial charge < -0.3 is 15.2 Å². The van der Waals surface area contributed by atoms with Gasteiger partial charge in [-0.1, -0.05) is 0 Å². The quantitative estimate of drug-likeness (QED) is 0.571. The van der Waals surface area contributed by atoms with Crippen molar-refractivity contribution in [2.45, 2.75) is 19.4 Å². The van der Waals surface area contributed by atoms with Crippen LogP contribution >= 0.6 is 0 Å². The molecule has 0 saturated heterocycles. The van der Waals surface area contributed by atoms with Crippen molar-refractivity contribution in [2.24, 2.45) is 0 Å². The van der Waals surface area contributed by atoms with Gasteiger partial charge in [0.2, 0.25) is 0 Å². The first-order valence-electron chi connectivity index (χ1n) is 5.70. The molecule has 6 heteroatoms. The van der Waals surface area contributed by atoms with Crippen molar-refractivity contribution in [3.05, 3.63) is 33.9 Å². The second kappa shape index (κ2) is 6.93. The smallest absolute Gasteiger partial charge is 0.272 e. The summed E-state index contributed by atoms with van der Waals surface area (Å²) in [6, 6.07) is 4.86. The van der Waals surface area contributed by atoms with Gasteiger partial charge in [0.1, 0.15) is 0 Å². The molecule has 0 radical (unpaired) electrons. The zero-order valence-electron chi connectivity index (χ0n) is 10.5. The number of benzene rings is 1. The maximum Gasteiger partial charge on any atom is 0.272 e. The molecule has 0 spiro atoms. The van der Waals surface area contributed by atoms with E-state index < -0.39 is 11.0 Å². The van der Waals surface area contributed by atoms with Crippen molar-refractivity contribution >= 4 is 11.4 Å². The fourth-order valence-electron chi connectivity index (χ4n) is 1.63. The fraction of sp³-hybridized carbons (Fsp3) is 0.500. The minimum Gasteiger partial charge on any atom is -0.391 e. The predicted molar refractivity (Wildman–Crippen MR) is 68.8 cm³/mol. The largest absolute Gasteiger partial charge is 0.391 e. The van der Waals surface area contributed by atoms with Crippen LogP contribution in [-0.2, 0) is 4.74 Å². The summed E-state index contributed by atoms with van der Waals surface area (Å²) in [5.74, 6) is 0. The first kappa shape index (κ1) is 14.4. The number of nitro groups is 1. The Bertz CT molecular complexity index is 409. The number of nitrogens with zero attached hydrogens (tertiary/aromatic N) is 1. The molecule has 100 valence electrons. The zero-order chi connectivity index (χ0) is 13.5. The van der Waals surface area contributed by atoms with Gasteiger partial charge in [-0.05, 0) is 25.5 Å². The number of hydrogen-bond donors (Lipinski definition) is 2. The molecule has 6 nitrogen and oxygen atoms in total. The summed E-state index contributed by atoms with van der Waals surface area (Å²) in [7, 11) is 1.54. The second-order valence-electron chi connectivity index (χ2n) is 4.08. The molecule has 1 unspecified atom stereocenters. The van der Waals surface area contributed by atoms with Gasteiger partial charge in [0.15, 0.2) is 0 Å². The van der Waals surface area contributed by atoms with Gasteiger partial charge >= 0.3 is 0 Å². The number of nitro benzene ring substituents is 1. The van der Waals surface area contributed by atoms with Crippen LogP contribution in [0.3, 0.4) is 0 Å². The first-order valence-corrected chi connectivity index (χ1v) is 5.70. The van der Waals surface area contributed by atoms with E-state index in [9.17, 15) is 15.2 Å². The Balaban J connectivity index is 2.49. The van der Waals surface area contributed by atoms with E-state index >= 15 is 0 Å². The van der Waals surface area contributed by atoms with Crippen LogP contribution in [-0.4, -0.2) is 36.4 Å². The number of rotatable bonds is 7. The Hall–Kier alpha value is -1.66. The summed E-state index contributed by atoms with van der Waals surface area (Å²) in [4.78, 5) is 10.2. The Morgan fingerprint density at radius 2 is 2.28 bits per heavy atom. The van der Waals surface area contributed by atoms with E-state index in [4.69, 9.17) is 4.74 Å². The monoisotopic (exact) mass is 254 g/mol. The van der Waals surface area contributed by atoms with Gasteiger partial charge in [-0.2, -0.15) is 0 Å². The SMILES string of the molecule is COCC(O)CCNc1ccc([N+](=O)[O-])c(C)c1. The molecule has 1 atom stereocenters. The number of hydrogen-bond acceptors (Lipinski definition) is 5. The van der Waals surface area contributed by atoms with Crippen molar-refractivity contribution in [1.29, 1.82) is 0 Å². The lowest BCUT2D eigenvalue weighted by atomic mass is 10.2. The molecule has 0 aromatic heterocycles. The summed E-state index contributed by atoms with van der Waals surface area (Å²) in [6.45, 7) is 2.59. The molecule has 0 aliphatic carbocycles. The highest BCUT2D eigenvalue weighted by Gasteiger charge is 2.10. The van der Waals surface area contributed by atoms with E-state index in [-0.39, 0.29) is 5.69 Å². The van der Waals surface area contributed by atoms with Crippen molar-refractivity contribution < 1.29 is 14.8 Å². The third kappa shape index (κ3) is 4.31. The van der Waals surface area contributed by atoms with E-state index in [0.29, 0.717) is 25.1 Å². The second-order valence-corrected chi connectivity index (χ2v) is 4.08. The number of nitrogens with one attached hydrogen (secondary N) is 1. The van der Waals surface area contributed by atoms with E-state index in [2.05, 4.69) is 5.32 Å². The van der Waals surface area contributed by atoms with Gasteiger partial charge in [0.25, 0.3) is 5.69 Å². The number of ether oxygens (including phenoxy) is 1. The molecule has 0 fully saturated rings. The molecule has 2 N–H and O–H groups in total. The molecule has 1 aromatic rings. The number of aliphatic hydroxyl groups excluding tert-OH is 1. The number of aliphatic hydroxyl groups is 1. The minimum absolute atomic E-state index is 0.111. The van der Waals surface area contributed by atoms with E-state index in [0.717, 1.165) is 5.69 Å². The normalized spacial score (nSPS) is 12.2. The molecule has 0 saturated carbocycles. The van der Waals surface area contributed by atoms with Crippen molar-refractivity contribution in [2.75, 3.05) is 25.6 Å². The molecule has 18 heavy (non-hydrogen) atoms. The number of methoxy groups -OCH3 is 1. The molecule has 0 heterocycles. The average molecular weight is 254 g/mol. The van der Waals surface area contributed by atoms with Crippen LogP contribution in [0.1, 0.15) is 12.0 Å². The Labute approximate surface area is 106 Å². The maximum atomic E-state index is 10.6. The van der Waals surface area contributed by atoms with Crippen LogP contribution in [0.4, 0.5) is 11.4 Å². The van der Waals surface area contributed by atoms with Crippen LogP contribution in [0.25, 0.3) is 0 Å². The number of anilines is 1. The standard InChI is InChI=1S/C12H18N2O4/c1-9-7-10(3-4-12(9)14(16)17)13-6-5-11(15)8-18-2/h3-4,7,11,13,15H,5-6,8H2,1-2H3. The van der Waals surface area contributed by atoms with E-state index in [1.165, 1.54) is 13.2 Å². The molecule has 0 amide bonds. The van der Waals surface area contributed by atoms with E-state index in [1.54, 1.807) is 19.1 Å². The summed E-state index contributed by atoms with van der Waals surface area (Å²) < 4.78 is 4.81. The summed E-state index contributed by atoms with van der Waals surface area (Å²) in [5.41, 5.74) is 1.53. The number of aryl methyl sites for hydroxylation is 1. The molecular weight excluding hydrogens is 236 g/mol. The Kier molecular flexibility index (Phi) is 5.54. The molecule has 0 aliphatic heterocycles. The third-order valence-corrected chi connectivity index (χ3v) is 2.56. The lowest BCUT2D eigenvalue weighted by Crippen LogP contribution is -2.18. The Morgan fingerprint density at radius 3 is 2.83 bits per heavy atom. The molecular formula is C12H18N2O4.